The average Bonchev–Trinajstić information content (AvgIpc) is 2.12. The molecule has 0 fully saturated rings. The molecule has 0 aliphatic rings. The molecule has 0 aromatic heterocycles. The lowest BCUT2D eigenvalue weighted by Gasteiger charge is -2.24. The number of rotatable bonds is 4. The Balaban J connectivity index is 4.50. The summed E-state index contributed by atoms with van der Waals surface area (Å²) in [6.45, 7) is 1.87. The predicted octanol–water partition coefficient (Wildman–Crippen LogP) is 1.32. The summed E-state index contributed by atoms with van der Waals surface area (Å²) < 4.78 is 60.0. The zero-order valence-electron chi connectivity index (χ0n) is 8.66. The summed E-state index contributed by atoms with van der Waals surface area (Å²) in [5, 5.41) is 10.2. The molecule has 0 saturated heterocycles. The monoisotopic (exact) mass is 249 g/mol. The zero-order chi connectivity index (χ0) is 13.2. The molecule has 8 heteroatoms. The van der Waals surface area contributed by atoms with E-state index in [2.05, 4.69) is 0 Å². The van der Waals surface area contributed by atoms with Gasteiger partial charge in [0.1, 0.15) is 0 Å². The van der Waals surface area contributed by atoms with Crippen LogP contribution < -0.4 is 5.32 Å². The van der Waals surface area contributed by atoms with Crippen LogP contribution in [-0.2, 0) is 4.79 Å². The Hall–Kier alpha value is -0.920. The van der Waals surface area contributed by atoms with Crippen LogP contribution in [0, 0.1) is 5.41 Å². The minimum absolute atomic E-state index is 0.454. The fourth-order valence-corrected chi connectivity index (χ4v) is 0.615. The number of hydrogen-bond acceptors (Lipinski definition) is 2. The molecule has 0 heterocycles. The normalized spacial score (nSPS) is 13.8. The van der Waals surface area contributed by atoms with Gasteiger partial charge in [0.15, 0.2) is 0 Å². The SMILES string of the molecule is CC(C)(CO)CNC(=O)C(F)(F)C(F)(F)F. The fraction of sp³-hybridized carbons (Fsp3) is 0.875. The second kappa shape index (κ2) is 4.52. The van der Waals surface area contributed by atoms with Crippen molar-refractivity contribution in [2.24, 2.45) is 5.41 Å². The number of carbonyl (C=O) groups is 1. The molecule has 0 saturated carbocycles. The standard InChI is InChI=1S/C8H12F5NO2/c1-6(2,4-15)3-14-5(16)7(9,10)8(11,12)13/h15H,3-4H2,1-2H3,(H,14,16). The lowest BCUT2D eigenvalue weighted by molar-refractivity contribution is -0.269. The van der Waals surface area contributed by atoms with Crippen molar-refractivity contribution >= 4 is 5.91 Å². The number of carbonyl (C=O) groups excluding carboxylic acids is 1. The number of alkyl halides is 5. The van der Waals surface area contributed by atoms with Crippen molar-refractivity contribution in [3.8, 4) is 0 Å². The predicted molar refractivity (Wildman–Crippen MR) is 44.9 cm³/mol. The van der Waals surface area contributed by atoms with Gasteiger partial charge in [-0.25, -0.2) is 0 Å². The second-order valence-electron chi connectivity index (χ2n) is 4.08. The van der Waals surface area contributed by atoms with Gasteiger partial charge < -0.3 is 10.4 Å². The first-order valence-corrected chi connectivity index (χ1v) is 4.28. The first-order valence-electron chi connectivity index (χ1n) is 4.28. The van der Waals surface area contributed by atoms with Crippen LogP contribution in [0.1, 0.15) is 13.8 Å². The van der Waals surface area contributed by atoms with E-state index in [0.717, 1.165) is 0 Å². The molecule has 0 bridgehead atoms. The van der Waals surface area contributed by atoms with Gasteiger partial charge >= 0.3 is 12.1 Å². The van der Waals surface area contributed by atoms with Crippen LogP contribution in [0.2, 0.25) is 0 Å². The summed E-state index contributed by atoms with van der Waals surface area (Å²) in [5.74, 6) is -7.83. The van der Waals surface area contributed by atoms with Crippen molar-refractivity contribution in [1.29, 1.82) is 0 Å². The first-order chi connectivity index (χ1) is 6.94. The average molecular weight is 249 g/mol. The molecular weight excluding hydrogens is 237 g/mol. The van der Waals surface area contributed by atoms with E-state index in [1.54, 1.807) is 0 Å². The fourth-order valence-electron chi connectivity index (χ4n) is 0.615. The van der Waals surface area contributed by atoms with Crippen LogP contribution in [0.5, 0.6) is 0 Å². The van der Waals surface area contributed by atoms with Crippen LogP contribution in [0.25, 0.3) is 0 Å². The highest BCUT2D eigenvalue weighted by Crippen LogP contribution is 2.35. The molecule has 0 aromatic rings. The van der Waals surface area contributed by atoms with Crippen LogP contribution in [0.3, 0.4) is 0 Å². The molecule has 3 nitrogen and oxygen atoms in total. The van der Waals surface area contributed by atoms with Crippen molar-refractivity contribution in [1.82, 2.24) is 5.32 Å². The molecule has 0 atom stereocenters. The van der Waals surface area contributed by atoms with E-state index >= 15 is 0 Å². The van der Waals surface area contributed by atoms with E-state index < -0.39 is 36.6 Å². The molecular formula is C8H12F5NO2. The van der Waals surface area contributed by atoms with Crippen molar-refractivity contribution in [3.63, 3.8) is 0 Å². The summed E-state index contributed by atoms with van der Waals surface area (Å²) in [6, 6.07) is 0. The number of aliphatic hydroxyl groups excluding tert-OH is 1. The van der Waals surface area contributed by atoms with Crippen LogP contribution in [0.4, 0.5) is 22.0 Å². The molecule has 96 valence electrons. The Morgan fingerprint density at radius 2 is 1.62 bits per heavy atom. The molecule has 16 heavy (non-hydrogen) atoms. The van der Waals surface area contributed by atoms with Gasteiger partial charge in [-0.1, -0.05) is 13.8 Å². The third kappa shape index (κ3) is 3.58. The third-order valence-electron chi connectivity index (χ3n) is 1.80. The minimum atomic E-state index is -5.92. The zero-order valence-corrected chi connectivity index (χ0v) is 8.66. The quantitative estimate of drug-likeness (QED) is 0.738. The first kappa shape index (κ1) is 15.1. The Morgan fingerprint density at radius 1 is 1.19 bits per heavy atom. The topological polar surface area (TPSA) is 49.3 Å². The van der Waals surface area contributed by atoms with E-state index in [0.29, 0.717) is 0 Å². The molecule has 1 amide bonds. The van der Waals surface area contributed by atoms with E-state index in [9.17, 15) is 26.7 Å². The third-order valence-corrected chi connectivity index (χ3v) is 1.80. The maximum absolute atomic E-state index is 12.4. The lowest BCUT2D eigenvalue weighted by Crippen LogP contribution is -2.52. The number of hydrogen-bond donors (Lipinski definition) is 2. The summed E-state index contributed by atoms with van der Waals surface area (Å²) >= 11 is 0. The van der Waals surface area contributed by atoms with E-state index in [-0.39, 0.29) is 0 Å². The molecule has 2 N–H and O–H groups in total. The maximum atomic E-state index is 12.4. The largest absolute Gasteiger partial charge is 0.463 e. The molecule has 0 aliphatic carbocycles. The van der Waals surface area contributed by atoms with E-state index in [1.165, 1.54) is 19.2 Å². The Labute approximate surface area is 88.6 Å². The van der Waals surface area contributed by atoms with Gasteiger partial charge in [-0.2, -0.15) is 22.0 Å². The van der Waals surface area contributed by atoms with Gasteiger partial charge in [0.05, 0.1) is 0 Å². The molecule has 0 unspecified atom stereocenters. The maximum Gasteiger partial charge on any atom is 0.463 e. The lowest BCUT2D eigenvalue weighted by atomic mass is 9.95. The number of nitrogens with one attached hydrogen (secondary N) is 1. The molecule has 0 aromatic carbocycles. The van der Waals surface area contributed by atoms with Crippen LogP contribution in [-0.4, -0.2) is 36.3 Å². The van der Waals surface area contributed by atoms with Gasteiger partial charge in [-0.05, 0) is 0 Å². The van der Waals surface area contributed by atoms with E-state index in [4.69, 9.17) is 5.11 Å². The highest BCUT2D eigenvalue weighted by molar-refractivity contribution is 5.84. The van der Waals surface area contributed by atoms with Crippen molar-refractivity contribution in [2.45, 2.75) is 25.9 Å². The van der Waals surface area contributed by atoms with Gasteiger partial charge in [-0.3, -0.25) is 4.79 Å². The number of amides is 1. The van der Waals surface area contributed by atoms with Crippen LogP contribution >= 0.6 is 0 Å². The molecule has 0 aliphatic heterocycles. The summed E-state index contributed by atoms with van der Waals surface area (Å²) in [4.78, 5) is 10.6. The summed E-state index contributed by atoms with van der Waals surface area (Å²) in [7, 11) is 0. The Morgan fingerprint density at radius 3 is 1.94 bits per heavy atom. The molecule has 0 radical (unpaired) electrons. The van der Waals surface area contributed by atoms with Gasteiger partial charge in [0.25, 0.3) is 5.91 Å². The van der Waals surface area contributed by atoms with Gasteiger partial charge in [0.2, 0.25) is 0 Å². The summed E-state index contributed by atoms with van der Waals surface area (Å²) in [5.41, 5.74) is -0.961. The highest BCUT2D eigenvalue weighted by Gasteiger charge is 2.63. The number of aliphatic hydroxyl groups is 1. The second-order valence-corrected chi connectivity index (χ2v) is 4.08. The van der Waals surface area contributed by atoms with Crippen molar-refractivity contribution in [2.75, 3.05) is 13.2 Å². The van der Waals surface area contributed by atoms with Gasteiger partial charge in [-0.15, -0.1) is 0 Å². The summed E-state index contributed by atoms with van der Waals surface area (Å²) in [6.07, 6.45) is -5.92. The van der Waals surface area contributed by atoms with Crippen LogP contribution in [0.15, 0.2) is 0 Å². The molecule has 0 spiro atoms. The minimum Gasteiger partial charge on any atom is -0.396 e. The van der Waals surface area contributed by atoms with Crippen molar-refractivity contribution in [3.05, 3.63) is 0 Å². The smallest absolute Gasteiger partial charge is 0.396 e. The highest BCUT2D eigenvalue weighted by atomic mass is 19.4. The van der Waals surface area contributed by atoms with Gasteiger partial charge in [0, 0.05) is 18.6 Å². The van der Waals surface area contributed by atoms with E-state index in [1.807, 2.05) is 0 Å². The molecule has 0 rings (SSSR count). The number of halogens is 5. The Kier molecular flexibility index (Phi) is 4.26. The van der Waals surface area contributed by atoms with Crippen molar-refractivity contribution < 1.29 is 31.9 Å². The Bertz CT molecular complexity index is 262.